The highest BCUT2D eigenvalue weighted by Gasteiger charge is 2.52. The molecule has 2 saturated carbocycles. The highest BCUT2D eigenvalue weighted by atomic mass is 35.5. The van der Waals surface area contributed by atoms with Crippen LogP contribution in [0.5, 0.6) is 11.9 Å². The Morgan fingerprint density at radius 3 is 2.78 bits per heavy atom. The molecule has 50 heavy (non-hydrogen) atoms. The number of H-pyrrole nitrogens is 1. The van der Waals surface area contributed by atoms with Crippen molar-refractivity contribution in [1.82, 2.24) is 30.0 Å². The summed E-state index contributed by atoms with van der Waals surface area (Å²) < 4.78 is 41.0. The third-order valence-corrected chi connectivity index (χ3v) is 11.9. The largest absolute Gasteiger partial charge is 0.480 e. The second-order valence-corrected chi connectivity index (χ2v) is 15.3. The fourth-order valence-corrected chi connectivity index (χ4v) is 9.15. The van der Waals surface area contributed by atoms with E-state index >= 15 is 4.39 Å². The first kappa shape index (κ1) is 33.8. The van der Waals surface area contributed by atoms with Crippen molar-refractivity contribution in [2.24, 2.45) is 5.41 Å². The van der Waals surface area contributed by atoms with E-state index in [9.17, 15) is 5.11 Å². The Labute approximate surface area is 295 Å². The summed E-state index contributed by atoms with van der Waals surface area (Å²) in [5.74, 6) is -0.142. The minimum Gasteiger partial charge on any atom is -0.480 e. The third-order valence-electron chi connectivity index (χ3n) is 11.5. The Hall–Kier alpha value is -3.36. The van der Waals surface area contributed by atoms with Gasteiger partial charge in [-0.05, 0) is 70.5 Å². The second-order valence-electron chi connectivity index (χ2n) is 14.9. The molecule has 0 unspecified atom stereocenters. The molecule has 0 radical (unpaired) electrons. The van der Waals surface area contributed by atoms with E-state index in [2.05, 4.69) is 15.1 Å². The lowest BCUT2D eigenvalue weighted by Gasteiger charge is -2.53. The molecule has 2 aliphatic carbocycles. The number of nitrogens with zero attached hydrogens (tertiary/aromatic N) is 6. The number of rotatable bonds is 8. The number of methoxy groups -OCH3 is 2. The van der Waals surface area contributed by atoms with E-state index in [1.54, 1.807) is 26.3 Å². The predicted octanol–water partition coefficient (Wildman–Crippen LogP) is 5.46. The van der Waals surface area contributed by atoms with Crippen LogP contribution in [0.2, 0.25) is 5.02 Å². The number of piperidine rings is 1. The van der Waals surface area contributed by atoms with Crippen LogP contribution >= 0.6 is 11.6 Å². The molecule has 268 valence electrons. The first-order valence-corrected chi connectivity index (χ1v) is 18.0. The molecule has 0 amide bonds. The molecule has 4 aromatic rings. The maximum Gasteiger partial charge on any atom is 0.319 e. The Balaban J connectivity index is 1.23. The maximum absolute atomic E-state index is 17.2. The molecule has 14 heteroatoms. The highest BCUT2D eigenvalue weighted by molar-refractivity contribution is 6.33. The van der Waals surface area contributed by atoms with Gasteiger partial charge in [0.05, 0.1) is 51.3 Å². The number of hydrogen-bond donors (Lipinski definition) is 2. The summed E-state index contributed by atoms with van der Waals surface area (Å²) in [4.78, 5) is 19.0. The lowest BCUT2D eigenvalue weighted by molar-refractivity contribution is -0.0845. The summed E-state index contributed by atoms with van der Waals surface area (Å²) in [6, 6.07) is 2.79. The van der Waals surface area contributed by atoms with Gasteiger partial charge >= 0.3 is 6.01 Å². The molecule has 2 N–H and O–H groups in total. The van der Waals surface area contributed by atoms with Crippen molar-refractivity contribution in [3.8, 4) is 23.1 Å². The number of aromatic amines is 1. The average Bonchev–Trinajstić information content (AvgIpc) is 3.69. The summed E-state index contributed by atoms with van der Waals surface area (Å²) in [6.45, 7) is 6.16. The smallest absolute Gasteiger partial charge is 0.319 e. The lowest BCUT2D eigenvalue weighted by atomic mass is 9.73. The zero-order valence-electron chi connectivity index (χ0n) is 29.1. The summed E-state index contributed by atoms with van der Waals surface area (Å²) in [6.07, 6.45) is 9.61. The fraction of sp³-hybridized carbons (Fsp3) is 0.611. The Morgan fingerprint density at radius 2 is 1.98 bits per heavy atom. The Kier molecular flexibility index (Phi) is 8.78. The maximum atomic E-state index is 17.2. The van der Waals surface area contributed by atoms with Gasteiger partial charge in [-0.2, -0.15) is 15.1 Å². The van der Waals surface area contributed by atoms with Crippen molar-refractivity contribution in [2.45, 2.75) is 82.6 Å². The van der Waals surface area contributed by atoms with Crippen LogP contribution in [0.1, 0.15) is 57.4 Å². The summed E-state index contributed by atoms with van der Waals surface area (Å²) in [5.41, 5.74) is 0.629. The lowest BCUT2D eigenvalue weighted by Crippen LogP contribution is -2.59. The molecular formula is C36H45ClFN7O5. The minimum atomic E-state index is -1.18. The van der Waals surface area contributed by atoms with Crippen molar-refractivity contribution in [2.75, 3.05) is 58.6 Å². The standard InChI is InChI=1S/C36H45ClFN7O5/c1-20-24(37)15-25-23(16-39-43-25)27(20)30-29(38)31-28(33(40-30)48-4)32(44-11-12-49-18-35(2,46)17-44)42-34(41-31)50-19-36-8-5-7-26(36)45(10-6-9-36)21-13-22(14-21)47-3/h15-16,21-22,26,46H,5-14,17-19H2,1-4H3,(H,39,43)/t21?,22?,26-,35+,36-/m1/s1. The number of nitrogens with one attached hydrogen (secondary N) is 1. The number of ether oxygens (including phenoxy) is 4. The molecule has 3 atom stereocenters. The van der Waals surface area contributed by atoms with E-state index < -0.39 is 11.4 Å². The van der Waals surface area contributed by atoms with Crippen LogP contribution in [0.4, 0.5) is 10.2 Å². The molecule has 0 spiro atoms. The van der Waals surface area contributed by atoms with Crippen LogP contribution in [0.3, 0.4) is 0 Å². The molecule has 8 rings (SSSR count). The van der Waals surface area contributed by atoms with Crippen molar-refractivity contribution >= 4 is 39.2 Å². The van der Waals surface area contributed by atoms with Crippen LogP contribution in [0.25, 0.3) is 33.1 Å². The van der Waals surface area contributed by atoms with Crippen molar-refractivity contribution in [3.05, 3.63) is 28.7 Å². The molecular weight excluding hydrogens is 665 g/mol. The van der Waals surface area contributed by atoms with Crippen LogP contribution in [0, 0.1) is 18.2 Å². The zero-order valence-corrected chi connectivity index (χ0v) is 29.9. The van der Waals surface area contributed by atoms with Crippen LogP contribution in [-0.2, 0) is 9.47 Å². The molecule has 3 aromatic heterocycles. The highest BCUT2D eigenvalue weighted by Crippen LogP contribution is 2.50. The van der Waals surface area contributed by atoms with Gasteiger partial charge in [0.2, 0.25) is 5.88 Å². The van der Waals surface area contributed by atoms with Gasteiger partial charge in [-0.3, -0.25) is 10.00 Å². The number of anilines is 1. The van der Waals surface area contributed by atoms with Gasteiger partial charge in [0, 0.05) is 47.1 Å². The third kappa shape index (κ3) is 5.75. The number of halogens is 2. The number of hydrogen-bond acceptors (Lipinski definition) is 11. The Morgan fingerprint density at radius 1 is 1.16 bits per heavy atom. The number of aliphatic hydroxyl groups is 1. The molecule has 1 aromatic carbocycles. The van der Waals surface area contributed by atoms with Gasteiger partial charge in [0.1, 0.15) is 28.0 Å². The quantitative estimate of drug-likeness (QED) is 0.242. The molecule has 4 fully saturated rings. The number of likely N-dealkylation sites (tertiary alicyclic amines) is 1. The number of aromatic nitrogens is 5. The van der Waals surface area contributed by atoms with Crippen LogP contribution < -0.4 is 14.4 Å². The van der Waals surface area contributed by atoms with Gasteiger partial charge in [0.15, 0.2) is 5.82 Å². The first-order valence-electron chi connectivity index (χ1n) is 17.7. The van der Waals surface area contributed by atoms with Crippen molar-refractivity contribution in [3.63, 3.8) is 0 Å². The normalized spacial score (nSPS) is 28.9. The van der Waals surface area contributed by atoms with Gasteiger partial charge in [-0.25, -0.2) is 9.37 Å². The monoisotopic (exact) mass is 709 g/mol. The van der Waals surface area contributed by atoms with E-state index in [1.165, 1.54) is 7.11 Å². The van der Waals surface area contributed by atoms with Crippen molar-refractivity contribution < 1.29 is 28.4 Å². The van der Waals surface area contributed by atoms with Gasteiger partial charge < -0.3 is 29.0 Å². The Bertz CT molecular complexity index is 1920. The molecule has 12 nitrogen and oxygen atoms in total. The first-order chi connectivity index (χ1) is 24.1. The predicted molar refractivity (Wildman–Crippen MR) is 188 cm³/mol. The molecule has 2 aliphatic heterocycles. The van der Waals surface area contributed by atoms with Crippen LogP contribution in [0.15, 0.2) is 12.3 Å². The molecule has 2 saturated heterocycles. The van der Waals surface area contributed by atoms with E-state index in [1.807, 2.05) is 11.8 Å². The van der Waals surface area contributed by atoms with Gasteiger partial charge in [-0.1, -0.05) is 18.0 Å². The topological polar surface area (TPSA) is 131 Å². The number of fused-ring (bicyclic) bond motifs is 3. The van der Waals surface area contributed by atoms with Crippen LogP contribution in [-0.4, -0.2) is 113 Å². The number of pyridine rings is 1. The molecule has 5 heterocycles. The number of benzene rings is 1. The van der Waals surface area contributed by atoms with E-state index in [4.69, 9.17) is 45.5 Å². The minimum absolute atomic E-state index is 0.0125. The average molecular weight is 710 g/mol. The van der Waals surface area contributed by atoms with Gasteiger partial charge in [0.25, 0.3) is 0 Å². The molecule has 0 bridgehead atoms. The number of β-amino-alcohol motifs (C(OH)–C–C–N with tert-alkyl or cyclic N) is 1. The van der Waals surface area contributed by atoms with E-state index in [0.717, 1.165) is 51.5 Å². The second kappa shape index (κ2) is 13.0. The van der Waals surface area contributed by atoms with E-state index in [0.29, 0.717) is 76.2 Å². The molecule has 4 aliphatic rings. The summed E-state index contributed by atoms with van der Waals surface area (Å²) >= 11 is 6.63. The van der Waals surface area contributed by atoms with E-state index in [-0.39, 0.29) is 41.7 Å². The fourth-order valence-electron chi connectivity index (χ4n) is 8.95. The summed E-state index contributed by atoms with van der Waals surface area (Å²) in [5, 5.41) is 19.7. The zero-order chi connectivity index (χ0) is 34.8. The summed E-state index contributed by atoms with van der Waals surface area (Å²) in [7, 11) is 3.29. The van der Waals surface area contributed by atoms with Crippen molar-refractivity contribution in [1.29, 1.82) is 0 Å². The SMILES string of the molecule is COc1nc(-c2c(C)c(Cl)cc3[nH]ncc23)c(F)c2nc(OC[C@]34CCC[C@H]3N(C3CC(OC)C3)CCC4)nc(N3CCOC[C@@](C)(O)C3)c12. The van der Waals surface area contributed by atoms with Gasteiger partial charge in [-0.15, -0.1) is 0 Å².